The fourth-order valence-electron chi connectivity index (χ4n) is 1.12. The second-order valence-electron chi connectivity index (χ2n) is 3.06. The third kappa shape index (κ3) is 4.20. The van der Waals surface area contributed by atoms with Gasteiger partial charge in [0.15, 0.2) is 0 Å². The quantitative estimate of drug-likeness (QED) is 0.834. The first-order valence-corrected chi connectivity index (χ1v) is 5.09. The van der Waals surface area contributed by atoms with Gasteiger partial charge < -0.3 is 10.1 Å². The van der Waals surface area contributed by atoms with Crippen LogP contribution in [0.1, 0.15) is 6.42 Å². The summed E-state index contributed by atoms with van der Waals surface area (Å²) in [5.41, 5.74) is 0. The van der Waals surface area contributed by atoms with Gasteiger partial charge in [0, 0.05) is 11.4 Å². The van der Waals surface area contributed by atoms with Crippen LogP contribution in [-0.2, 0) is 0 Å². The molecule has 0 spiro atoms. The average Bonchev–Trinajstić information content (AvgIpc) is 2.25. The summed E-state index contributed by atoms with van der Waals surface area (Å²) in [6, 6.07) is 9.18. The minimum atomic E-state index is -0.163. The Bertz CT molecular complexity index is 349. The largest absolute Gasteiger partial charge is 0.493 e. The molecular formula is C11H13ClN2O. The summed E-state index contributed by atoms with van der Waals surface area (Å²) in [5, 5.41) is 12.2. The SMILES string of the molecule is CNC(C#N)CCOc1cccc(Cl)c1. The van der Waals surface area contributed by atoms with Crippen LogP contribution in [0.5, 0.6) is 5.75 Å². The monoisotopic (exact) mass is 224 g/mol. The molecule has 15 heavy (non-hydrogen) atoms. The van der Waals surface area contributed by atoms with Crippen LogP contribution >= 0.6 is 11.6 Å². The van der Waals surface area contributed by atoms with E-state index in [1.165, 1.54) is 0 Å². The molecule has 0 saturated heterocycles. The number of ether oxygens (including phenoxy) is 1. The molecule has 1 aromatic carbocycles. The summed E-state index contributed by atoms with van der Waals surface area (Å²) < 4.78 is 5.45. The number of nitrogens with zero attached hydrogens (tertiary/aromatic N) is 1. The van der Waals surface area contributed by atoms with Crippen molar-refractivity contribution < 1.29 is 4.74 Å². The molecular weight excluding hydrogens is 212 g/mol. The van der Waals surface area contributed by atoms with Crippen molar-refractivity contribution in [2.45, 2.75) is 12.5 Å². The highest BCUT2D eigenvalue weighted by molar-refractivity contribution is 6.30. The zero-order chi connectivity index (χ0) is 11.1. The molecule has 4 heteroatoms. The molecule has 0 bridgehead atoms. The molecule has 80 valence electrons. The standard InChI is InChI=1S/C11H13ClN2O/c1-14-10(8-13)5-6-15-11-4-2-3-9(12)7-11/h2-4,7,10,14H,5-6H2,1H3. The number of nitrogens with one attached hydrogen (secondary N) is 1. The average molecular weight is 225 g/mol. The number of nitriles is 1. The molecule has 0 heterocycles. The highest BCUT2D eigenvalue weighted by Gasteiger charge is 2.03. The van der Waals surface area contributed by atoms with E-state index in [4.69, 9.17) is 21.6 Å². The maximum absolute atomic E-state index is 8.68. The molecule has 3 nitrogen and oxygen atoms in total. The van der Waals surface area contributed by atoms with Crippen LogP contribution in [0.25, 0.3) is 0 Å². The minimum Gasteiger partial charge on any atom is -0.493 e. The van der Waals surface area contributed by atoms with Gasteiger partial charge >= 0.3 is 0 Å². The molecule has 0 amide bonds. The summed E-state index contributed by atoms with van der Waals surface area (Å²) in [6.45, 7) is 0.499. The van der Waals surface area contributed by atoms with E-state index < -0.39 is 0 Å². The van der Waals surface area contributed by atoms with Crippen molar-refractivity contribution in [3.05, 3.63) is 29.3 Å². The third-order valence-corrected chi connectivity index (χ3v) is 2.21. The highest BCUT2D eigenvalue weighted by atomic mass is 35.5. The van der Waals surface area contributed by atoms with Crippen molar-refractivity contribution in [1.82, 2.24) is 5.32 Å². The van der Waals surface area contributed by atoms with E-state index >= 15 is 0 Å². The summed E-state index contributed by atoms with van der Waals surface area (Å²) in [5.74, 6) is 0.732. The summed E-state index contributed by atoms with van der Waals surface area (Å²) in [6.07, 6.45) is 0.652. The van der Waals surface area contributed by atoms with Gasteiger partial charge in [-0.15, -0.1) is 0 Å². The van der Waals surface area contributed by atoms with Crippen LogP contribution < -0.4 is 10.1 Å². The van der Waals surface area contributed by atoms with Crippen molar-refractivity contribution in [1.29, 1.82) is 5.26 Å². The van der Waals surface area contributed by atoms with Crippen molar-refractivity contribution >= 4 is 11.6 Å². The highest BCUT2D eigenvalue weighted by Crippen LogP contribution is 2.17. The molecule has 0 radical (unpaired) electrons. The predicted octanol–water partition coefficient (Wildman–Crippen LogP) is 2.22. The van der Waals surface area contributed by atoms with Gasteiger partial charge in [-0.05, 0) is 25.2 Å². The van der Waals surface area contributed by atoms with Crippen LogP contribution in [0.2, 0.25) is 5.02 Å². The van der Waals surface area contributed by atoms with Crippen molar-refractivity contribution in [2.24, 2.45) is 0 Å². The summed E-state index contributed by atoms with van der Waals surface area (Å²) in [4.78, 5) is 0. The Morgan fingerprint density at radius 3 is 3.00 bits per heavy atom. The third-order valence-electron chi connectivity index (χ3n) is 1.98. The Hall–Kier alpha value is -1.24. The molecule has 1 atom stereocenters. The van der Waals surface area contributed by atoms with Crippen LogP contribution in [0.3, 0.4) is 0 Å². The molecule has 0 saturated carbocycles. The van der Waals surface area contributed by atoms with Gasteiger partial charge in [-0.3, -0.25) is 0 Å². The Kier molecular flexibility index (Phi) is 4.96. The molecule has 0 fully saturated rings. The Morgan fingerprint density at radius 2 is 2.40 bits per heavy atom. The van der Waals surface area contributed by atoms with Crippen LogP contribution in [0.15, 0.2) is 24.3 Å². The molecule has 0 aromatic heterocycles. The summed E-state index contributed by atoms with van der Waals surface area (Å²) >= 11 is 5.80. The molecule has 1 N–H and O–H groups in total. The maximum Gasteiger partial charge on any atom is 0.120 e. The molecule has 0 aliphatic carbocycles. The molecule has 0 aliphatic heterocycles. The second-order valence-corrected chi connectivity index (χ2v) is 3.50. The van der Waals surface area contributed by atoms with Gasteiger partial charge in [0.2, 0.25) is 0 Å². The van der Waals surface area contributed by atoms with E-state index in [-0.39, 0.29) is 6.04 Å². The second kappa shape index (κ2) is 6.28. The zero-order valence-corrected chi connectivity index (χ0v) is 9.29. The van der Waals surface area contributed by atoms with Gasteiger partial charge in [0.1, 0.15) is 5.75 Å². The minimum absolute atomic E-state index is 0.163. The first-order valence-electron chi connectivity index (χ1n) is 4.71. The lowest BCUT2D eigenvalue weighted by atomic mass is 10.2. The van der Waals surface area contributed by atoms with E-state index in [1.807, 2.05) is 12.1 Å². The van der Waals surface area contributed by atoms with Gasteiger partial charge in [0.05, 0.1) is 18.7 Å². The van der Waals surface area contributed by atoms with E-state index in [9.17, 15) is 0 Å². The lowest BCUT2D eigenvalue weighted by Gasteiger charge is -2.09. The number of hydrogen-bond donors (Lipinski definition) is 1. The fourth-order valence-corrected chi connectivity index (χ4v) is 1.31. The predicted molar refractivity (Wildman–Crippen MR) is 60.0 cm³/mol. The number of benzene rings is 1. The van der Waals surface area contributed by atoms with Crippen molar-refractivity contribution in [3.8, 4) is 11.8 Å². The van der Waals surface area contributed by atoms with Gasteiger partial charge in [-0.1, -0.05) is 17.7 Å². The van der Waals surface area contributed by atoms with Crippen molar-refractivity contribution in [3.63, 3.8) is 0 Å². The lowest BCUT2D eigenvalue weighted by Crippen LogP contribution is -2.25. The molecule has 1 unspecified atom stereocenters. The Labute approximate surface area is 94.6 Å². The lowest BCUT2D eigenvalue weighted by molar-refractivity contribution is 0.300. The molecule has 1 rings (SSSR count). The maximum atomic E-state index is 8.68. The fraction of sp³-hybridized carbons (Fsp3) is 0.364. The van der Waals surface area contributed by atoms with Crippen LogP contribution in [0, 0.1) is 11.3 Å². The molecule has 0 aliphatic rings. The topological polar surface area (TPSA) is 45.0 Å². The Morgan fingerprint density at radius 1 is 1.60 bits per heavy atom. The first kappa shape index (κ1) is 11.8. The Balaban J connectivity index is 2.35. The van der Waals surface area contributed by atoms with Crippen molar-refractivity contribution in [2.75, 3.05) is 13.7 Å². The van der Waals surface area contributed by atoms with E-state index in [2.05, 4.69) is 11.4 Å². The van der Waals surface area contributed by atoms with Gasteiger partial charge in [0.25, 0.3) is 0 Å². The normalized spacial score (nSPS) is 11.8. The van der Waals surface area contributed by atoms with Gasteiger partial charge in [-0.2, -0.15) is 5.26 Å². The molecule has 1 aromatic rings. The van der Waals surface area contributed by atoms with E-state index in [0.29, 0.717) is 18.1 Å². The smallest absolute Gasteiger partial charge is 0.120 e. The van der Waals surface area contributed by atoms with Crippen LogP contribution in [0.4, 0.5) is 0 Å². The number of halogens is 1. The zero-order valence-electron chi connectivity index (χ0n) is 8.53. The number of rotatable bonds is 5. The van der Waals surface area contributed by atoms with E-state index in [0.717, 1.165) is 5.75 Å². The number of hydrogen-bond acceptors (Lipinski definition) is 3. The summed E-state index contributed by atoms with van der Waals surface area (Å²) in [7, 11) is 1.76. The van der Waals surface area contributed by atoms with E-state index in [1.54, 1.807) is 19.2 Å². The van der Waals surface area contributed by atoms with Gasteiger partial charge in [-0.25, -0.2) is 0 Å². The first-order chi connectivity index (χ1) is 7.26. The van der Waals surface area contributed by atoms with Crippen LogP contribution in [-0.4, -0.2) is 19.7 Å².